The van der Waals surface area contributed by atoms with Gasteiger partial charge in [0.1, 0.15) is 5.82 Å². The fourth-order valence-corrected chi connectivity index (χ4v) is 2.11. The fourth-order valence-electron chi connectivity index (χ4n) is 1.18. The molecule has 0 aliphatic carbocycles. The Morgan fingerprint density at radius 1 is 1.50 bits per heavy atom. The molecule has 8 heteroatoms. The van der Waals surface area contributed by atoms with Crippen LogP contribution in [-0.4, -0.2) is 26.3 Å². The van der Waals surface area contributed by atoms with Gasteiger partial charge < -0.3 is 5.32 Å². The molecule has 0 fully saturated rings. The van der Waals surface area contributed by atoms with E-state index in [4.69, 9.17) is 5.14 Å². The molecule has 0 aliphatic heterocycles. The summed E-state index contributed by atoms with van der Waals surface area (Å²) in [6.07, 6.45) is 2.07. The number of thioether (sulfide) groups is 1. The van der Waals surface area contributed by atoms with Gasteiger partial charge in [0.05, 0.1) is 10.6 Å². The van der Waals surface area contributed by atoms with Crippen molar-refractivity contribution >= 4 is 33.4 Å². The minimum absolute atomic E-state index is 0.187. The number of amides is 1. The number of sulfonamides is 1. The van der Waals surface area contributed by atoms with Crippen molar-refractivity contribution in [3.05, 3.63) is 24.0 Å². The second-order valence-electron chi connectivity index (χ2n) is 3.48. The lowest BCUT2D eigenvalue weighted by molar-refractivity contribution is -0.115. The van der Waals surface area contributed by atoms with Gasteiger partial charge in [0, 0.05) is 12.2 Å². The number of primary sulfonamides is 1. The fraction of sp³-hybridized carbons (Fsp3) is 0.300. The summed E-state index contributed by atoms with van der Waals surface area (Å²) in [6, 6.07) is 2.99. The molecule has 0 saturated carbocycles. The Kier molecular flexibility index (Phi) is 5.12. The Bertz CT molecular complexity index is 546. The van der Waals surface area contributed by atoms with Gasteiger partial charge in [0.2, 0.25) is 15.9 Å². The average molecular weight is 292 g/mol. The number of nitrogens with two attached hydrogens (primary N) is 1. The van der Waals surface area contributed by atoms with E-state index in [-0.39, 0.29) is 22.9 Å². The van der Waals surface area contributed by atoms with Crippen LogP contribution in [0.5, 0.6) is 0 Å². The number of anilines is 1. The lowest BCUT2D eigenvalue weighted by Gasteiger charge is -2.07. The van der Waals surface area contributed by atoms with Crippen LogP contribution in [0.15, 0.2) is 23.1 Å². The van der Waals surface area contributed by atoms with Gasteiger partial charge in [-0.1, -0.05) is 0 Å². The van der Waals surface area contributed by atoms with Gasteiger partial charge in [-0.15, -0.1) is 0 Å². The lowest BCUT2D eigenvalue weighted by atomic mass is 10.3. The molecule has 0 heterocycles. The molecule has 0 aliphatic rings. The van der Waals surface area contributed by atoms with E-state index in [0.717, 1.165) is 18.2 Å². The van der Waals surface area contributed by atoms with Crippen LogP contribution in [0.1, 0.15) is 6.42 Å². The van der Waals surface area contributed by atoms with E-state index in [1.54, 1.807) is 0 Å². The van der Waals surface area contributed by atoms with Crippen LogP contribution in [-0.2, 0) is 14.8 Å². The van der Waals surface area contributed by atoms with Gasteiger partial charge in [-0.25, -0.2) is 17.9 Å². The van der Waals surface area contributed by atoms with Crippen LogP contribution in [0, 0.1) is 5.82 Å². The first kappa shape index (κ1) is 14.9. The Hall–Kier alpha value is -1.12. The Balaban J connectivity index is 2.92. The first-order valence-electron chi connectivity index (χ1n) is 4.95. The molecule has 0 saturated heterocycles. The summed E-state index contributed by atoms with van der Waals surface area (Å²) in [5.41, 5.74) is -0.187. The highest BCUT2D eigenvalue weighted by atomic mass is 32.2. The third kappa shape index (κ3) is 4.28. The molecule has 100 valence electrons. The number of nitrogens with one attached hydrogen (secondary N) is 1. The van der Waals surface area contributed by atoms with E-state index in [1.165, 1.54) is 11.8 Å². The predicted octanol–water partition coefficient (Wildman–Crippen LogP) is 1.16. The zero-order valence-electron chi connectivity index (χ0n) is 9.64. The summed E-state index contributed by atoms with van der Waals surface area (Å²) in [7, 11) is -3.92. The maximum Gasteiger partial charge on any atom is 0.238 e. The number of benzene rings is 1. The Morgan fingerprint density at radius 2 is 2.17 bits per heavy atom. The molecule has 1 aromatic carbocycles. The standard InChI is InChI=1S/C10H13FN2O3S2/c1-17-5-4-10(14)13-9-6-7(18(12,15)16)2-3-8(9)11/h2-3,6H,4-5H2,1H3,(H,13,14)(H2,12,15,16). The van der Waals surface area contributed by atoms with Crippen molar-refractivity contribution < 1.29 is 17.6 Å². The van der Waals surface area contributed by atoms with Crippen LogP contribution in [0.2, 0.25) is 0 Å². The van der Waals surface area contributed by atoms with Gasteiger partial charge in [0.15, 0.2) is 0 Å². The van der Waals surface area contributed by atoms with Crippen molar-refractivity contribution in [3.8, 4) is 0 Å². The van der Waals surface area contributed by atoms with Crippen LogP contribution in [0.25, 0.3) is 0 Å². The van der Waals surface area contributed by atoms with E-state index in [9.17, 15) is 17.6 Å². The van der Waals surface area contributed by atoms with Crippen molar-refractivity contribution in [2.75, 3.05) is 17.3 Å². The molecular formula is C10H13FN2O3S2. The first-order chi connectivity index (χ1) is 8.34. The normalized spacial score (nSPS) is 11.3. The minimum Gasteiger partial charge on any atom is -0.324 e. The molecule has 0 atom stereocenters. The van der Waals surface area contributed by atoms with Gasteiger partial charge in [0.25, 0.3) is 0 Å². The summed E-state index contributed by atoms with van der Waals surface area (Å²) >= 11 is 1.48. The third-order valence-electron chi connectivity index (χ3n) is 2.07. The molecule has 1 amide bonds. The number of rotatable bonds is 5. The third-order valence-corrected chi connectivity index (χ3v) is 3.60. The second kappa shape index (κ2) is 6.17. The topological polar surface area (TPSA) is 89.3 Å². The number of halogens is 1. The monoisotopic (exact) mass is 292 g/mol. The summed E-state index contributed by atoms with van der Waals surface area (Å²) < 4.78 is 35.6. The SMILES string of the molecule is CSCCC(=O)Nc1cc(S(N)(=O)=O)ccc1F. The van der Waals surface area contributed by atoms with E-state index >= 15 is 0 Å². The molecular weight excluding hydrogens is 279 g/mol. The van der Waals surface area contributed by atoms with Gasteiger partial charge >= 0.3 is 0 Å². The first-order valence-corrected chi connectivity index (χ1v) is 7.89. The number of carbonyl (C=O) groups is 1. The summed E-state index contributed by atoms with van der Waals surface area (Å²) in [5, 5.41) is 7.23. The maximum atomic E-state index is 13.4. The quantitative estimate of drug-likeness (QED) is 0.852. The summed E-state index contributed by atoms with van der Waals surface area (Å²) in [6.45, 7) is 0. The molecule has 18 heavy (non-hydrogen) atoms. The summed E-state index contributed by atoms with van der Waals surface area (Å²) in [4.78, 5) is 11.2. The van der Waals surface area contributed by atoms with Gasteiger partial charge in [-0.05, 0) is 24.5 Å². The molecule has 0 spiro atoms. The van der Waals surface area contributed by atoms with Crippen molar-refractivity contribution in [1.82, 2.24) is 0 Å². The second-order valence-corrected chi connectivity index (χ2v) is 6.02. The largest absolute Gasteiger partial charge is 0.324 e. The van der Waals surface area contributed by atoms with E-state index < -0.39 is 15.8 Å². The molecule has 3 N–H and O–H groups in total. The number of hydrogen-bond donors (Lipinski definition) is 2. The predicted molar refractivity (Wildman–Crippen MR) is 69.4 cm³/mol. The summed E-state index contributed by atoms with van der Waals surface area (Å²) in [5.74, 6) is -0.489. The minimum atomic E-state index is -3.92. The highest BCUT2D eigenvalue weighted by molar-refractivity contribution is 7.98. The van der Waals surface area contributed by atoms with Gasteiger partial charge in [-0.2, -0.15) is 11.8 Å². The van der Waals surface area contributed by atoms with E-state index in [1.807, 2.05) is 6.26 Å². The highest BCUT2D eigenvalue weighted by Gasteiger charge is 2.13. The molecule has 0 radical (unpaired) electrons. The van der Waals surface area contributed by atoms with Gasteiger partial charge in [-0.3, -0.25) is 4.79 Å². The van der Waals surface area contributed by atoms with E-state index in [0.29, 0.717) is 5.75 Å². The molecule has 0 aromatic heterocycles. The highest BCUT2D eigenvalue weighted by Crippen LogP contribution is 2.19. The number of hydrogen-bond acceptors (Lipinski definition) is 4. The molecule has 1 aromatic rings. The zero-order chi connectivity index (χ0) is 13.8. The van der Waals surface area contributed by atoms with Crippen LogP contribution >= 0.6 is 11.8 Å². The lowest BCUT2D eigenvalue weighted by Crippen LogP contribution is -2.16. The van der Waals surface area contributed by atoms with Crippen LogP contribution in [0.3, 0.4) is 0 Å². The Morgan fingerprint density at radius 3 is 2.72 bits per heavy atom. The van der Waals surface area contributed by atoms with Crippen molar-refractivity contribution in [1.29, 1.82) is 0 Å². The molecule has 5 nitrogen and oxygen atoms in total. The van der Waals surface area contributed by atoms with Crippen LogP contribution in [0.4, 0.5) is 10.1 Å². The molecule has 0 bridgehead atoms. The smallest absolute Gasteiger partial charge is 0.238 e. The van der Waals surface area contributed by atoms with Crippen molar-refractivity contribution in [3.63, 3.8) is 0 Å². The van der Waals surface area contributed by atoms with Crippen LogP contribution < -0.4 is 10.5 Å². The Labute approximate surface area is 109 Å². The molecule has 0 unspecified atom stereocenters. The van der Waals surface area contributed by atoms with Crippen molar-refractivity contribution in [2.45, 2.75) is 11.3 Å². The average Bonchev–Trinajstić information content (AvgIpc) is 2.28. The maximum absolute atomic E-state index is 13.4. The number of carbonyl (C=O) groups excluding carboxylic acids is 1. The van der Waals surface area contributed by atoms with E-state index in [2.05, 4.69) is 5.32 Å². The molecule has 1 rings (SSSR count). The van der Waals surface area contributed by atoms with Crippen molar-refractivity contribution in [2.24, 2.45) is 5.14 Å². The zero-order valence-corrected chi connectivity index (χ0v) is 11.3.